The molecule has 0 saturated carbocycles. The molecule has 146 valence electrons. The molecule has 0 saturated heterocycles. The first kappa shape index (κ1) is 20.9. The average molecular weight is 392 g/mol. The minimum atomic E-state index is -3.86. The third-order valence-electron chi connectivity index (χ3n) is 3.98. The van der Waals surface area contributed by atoms with Crippen LogP contribution >= 0.6 is 0 Å². The summed E-state index contributed by atoms with van der Waals surface area (Å²) < 4.78 is 32.3. The van der Waals surface area contributed by atoms with Gasteiger partial charge >= 0.3 is 5.97 Å². The Morgan fingerprint density at radius 1 is 1.15 bits per heavy atom. The Morgan fingerprint density at radius 3 is 2.41 bits per heavy atom. The van der Waals surface area contributed by atoms with E-state index < -0.39 is 22.0 Å². The third-order valence-corrected chi connectivity index (χ3v) is 5.56. The molecule has 0 fully saturated rings. The Hall–Kier alpha value is -2.42. The number of nitrogens with one attached hydrogen (secondary N) is 2. The lowest BCUT2D eigenvalue weighted by atomic mass is 10.1. The second kappa shape index (κ2) is 8.98. The van der Waals surface area contributed by atoms with E-state index in [4.69, 9.17) is 4.74 Å². The number of aromatic carboxylic acids is 1. The van der Waals surface area contributed by atoms with Crippen LogP contribution in [0.2, 0.25) is 0 Å². The van der Waals surface area contributed by atoms with E-state index >= 15 is 0 Å². The molecule has 0 aliphatic rings. The van der Waals surface area contributed by atoms with E-state index in [-0.39, 0.29) is 23.1 Å². The van der Waals surface area contributed by atoms with Crippen molar-refractivity contribution < 1.29 is 23.1 Å². The van der Waals surface area contributed by atoms with Crippen LogP contribution in [0.5, 0.6) is 0 Å². The van der Waals surface area contributed by atoms with E-state index in [0.29, 0.717) is 5.69 Å². The molecule has 0 amide bonds. The minimum Gasteiger partial charge on any atom is -0.478 e. The highest BCUT2D eigenvalue weighted by molar-refractivity contribution is 7.89. The lowest BCUT2D eigenvalue weighted by molar-refractivity contribution is 0.0697. The van der Waals surface area contributed by atoms with Crippen molar-refractivity contribution in [3.8, 4) is 0 Å². The monoisotopic (exact) mass is 392 g/mol. The predicted octanol–water partition coefficient (Wildman–Crippen LogP) is 2.87. The fraction of sp³-hybridized carbons (Fsp3) is 0.316. The number of sulfonamides is 1. The van der Waals surface area contributed by atoms with Gasteiger partial charge in [0.2, 0.25) is 10.0 Å². The van der Waals surface area contributed by atoms with E-state index in [9.17, 15) is 18.3 Å². The summed E-state index contributed by atoms with van der Waals surface area (Å²) in [6.07, 6.45) is 0. The molecule has 7 nitrogen and oxygen atoms in total. The van der Waals surface area contributed by atoms with Crippen molar-refractivity contribution in [2.24, 2.45) is 0 Å². The highest BCUT2D eigenvalue weighted by atomic mass is 32.2. The van der Waals surface area contributed by atoms with Crippen molar-refractivity contribution in [3.63, 3.8) is 0 Å². The first-order chi connectivity index (χ1) is 12.7. The zero-order chi connectivity index (χ0) is 20.0. The number of carbonyl (C=O) groups is 1. The molecule has 2 aromatic rings. The summed E-state index contributed by atoms with van der Waals surface area (Å²) in [5.41, 5.74) is 1.23. The van der Waals surface area contributed by atoms with Crippen molar-refractivity contribution in [1.82, 2.24) is 4.72 Å². The van der Waals surface area contributed by atoms with E-state index in [1.807, 2.05) is 37.3 Å². The summed E-state index contributed by atoms with van der Waals surface area (Å²) in [6, 6.07) is 13.0. The van der Waals surface area contributed by atoms with Gasteiger partial charge in [0, 0.05) is 24.9 Å². The molecule has 0 unspecified atom stereocenters. The lowest BCUT2D eigenvalue weighted by Crippen LogP contribution is -2.35. The van der Waals surface area contributed by atoms with E-state index in [1.54, 1.807) is 6.92 Å². The molecule has 27 heavy (non-hydrogen) atoms. The normalized spacial score (nSPS) is 13.7. The Kier molecular flexibility index (Phi) is 6.95. The summed E-state index contributed by atoms with van der Waals surface area (Å²) in [4.78, 5) is 11.6. The molecular weight excluding hydrogens is 368 g/mol. The second-order valence-electron chi connectivity index (χ2n) is 6.27. The van der Waals surface area contributed by atoms with Gasteiger partial charge in [-0.1, -0.05) is 30.3 Å². The van der Waals surface area contributed by atoms with Crippen LogP contribution in [0.25, 0.3) is 0 Å². The topological polar surface area (TPSA) is 105 Å². The summed E-state index contributed by atoms with van der Waals surface area (Å²) in [5.74, 6) is -1.21. The maximum atomic E-state index is 12.5. The minimum absolute atomic E-state index is 0.110. The van der Waals surface area contributed by atoms with Crippen LogP contribution in [0.1, 0.15) is 35.8 Å². The summed E-state index contributed by atoms with van der Waals surface area (Å²) in [7, 11) is -2.38. The number of carboxylic acids is 1. The van der Waals surface area contributed by atoms with Crippen LogP contribution in [-0.2, 0) is 14.8 Å². The first-order valence-electron chi connectivity index (χ1n) is 8.44. The Morgan fingerprint density at radius 2 is 1.81 bits per heavy atom. The van der Waals surface area contributed by atoms with Gasteiger partial charge in [-0.05, 0) is 37.6 Å². The smallest absolute Gasteiger partial charge is 0.337 e. The first-order valence-corrected chi connectivity index (χ1v) is 9.93. The standard InChI is InChI=1S/C19H24N2O5S/c1-13(12-26-3)21-27(24,25)16-9-10-18(17(11-16)19(22)23)20-14(2)15-7-5-4-6-8-15/h4-11,13-14,20-21H,12H2,1-3H3,(H,22,23)/t13-,14-/m1/s1. The molecule has 2 atom stereocenters. The Bertz CT molecular complexity index is 884. The van der Waals surface area contributed by atoms with Gasteiger partial charge in [0.25, 0.3) is 0 Å². The van der Waals surface area contributed by atoms with Gasteiger partial charge in [-0.3, -0.25) is 0 Å². The number of rotatable bonds is 9. The molecule has 0 bridgehead atoms. The third kappa shape index (κ3) is 5.53. The van der Waals surface area contributed by atoms with E-state index in [2.05, 4.69) is 10.0 Å². The Balaban J connectivity index is 2.30. The number of benzene rings is 2. The molecule has 0 spiro atoms. The summed E-state index contributed by atoms with van der Waals surface area (Å²) >= 11 is 0. The fourth-order valence-corrected chi connectivity index (χ4v) is 3.92. The predicted molar refractivity (Wildman–Crippen MR) is 104 cm³/mol. The van der Waals surface area contributed by atoms with E-state index in [1.165, 1.54) is 19.2 Å². The van der Waals surface area contributed by atoms with Crippen LogP contribution in [0.15, 0.2) is 53.4 Å². The largest absolute Gasteiger partial charge is 0.478 e. The van der Waals surface area contributed by atoms with Crippen LogP contribution in [0.3, 0.4) is 0 Å². The molecule has 0 radical (unpaired) electrons. The molecule has 2 rings (SSSR count). The number of methoxy groups -OCH3 is 1. The number of hydrogen-bond acceptors (Lipinski definition) is 5. The highest BCUT2D eigenvalue weighted by Crippen LogP contribution is 2.25. The molecular formula is C19H24N2O5S. The molecule has 0 aliphatic carbocycles. The zero-order valence-corrected chi connectivity index (χ0v) is 16.3. The van der Waals surface area contributed by atoms with Gasteiger partial charge in [-0.2, -0.15) is 0 Å². The SMILES string of the molecule is COC[C@@H](C)NS(=O)(=O)c1ccc(N[C@H](C)c2ccccc2)c(C(=O)O)c1. The summed E-state index contributed by atoms with van der Waals surface area (Å²) in [6.45, 7) is 3.77. The Labute approximate surface area is 159 Å². The van der Waals surface area contributed by atoms with Gasteiger partial charge in [0.15, 0.2) is 0 Å². The summed E-state index contributed by atoms with van der Waals surface area (Å²) in [5, 5.41) is 12.7. The van der Waals surface area contributed by atoms with Crippen molar-refractivity contribution in [1.29, 1.82) is 0 Å². The van der Waals surface area contributed by atoms with Crippen LogP contribution in [0, 0.1) is 0 Å². The van der Waals surface area contributed by atoms with E-state index in [0.717, 1.165) is 11.6 Å². The van der Waals surface area contributed by atoms with Crippen LogP contribution in [-0.4, -0.2) is 39.3 Å². The van der Waals surface area contributed by atoms with Crippen LogP contribution in [0.4, 0.5) is 5.69 Å². The number of anilines is 1. The van der Waals surface area contributed by atoms with Crippen LogP contribution < -0.4 is 10.0 Å². The van der Waals surface area contributed by atoms with Gasteiger partial charge in [-0.25, -0.2) is 17.9 Å². The van der Waals surface area contributed by atoms with Gasteiger partial charge in [0.1, 0.15) is 0 Å². The zero-order valence-electron chi connectivity index (χ0n) is 15.5. The van der Waals surface area contributed by atoms with Crippen molar-refractivity contribution in [2.75, 3.05) is 19.0 Å². The van der Waals surface area contributed by atoms with Crippen molar-refractivity contribution in [3.05, 3.63) is 59.7 Å². The molecule has 0 heterocycles. The number of hydrogen-bond donors (Lipinski definition) is 3. The molecule has 0 aliphatic heterocycles. The maximum Gasteiger partial charge on any atom is 0.337 e. The lowest BCUT2D eigenvalue weighted by Gasteiger charge is -2.18. The molecule has 2 aromatic carbocycles. The molecule has 8 heteroatoms. The van der Waals surface area contributed by atoms with Crippen molar-refractivity contribution in [2.45, 2.75) is 30.8 Å². The molecule has 0 aromatic heterocycles. The average Bonchev–Trinajstić information content (AvgIpc) is 2.62. The van der Waals surface area contributed by atoms with Gasteiger partial charge < -0.3 is 15.2 Å². The van der Waals surface area contributed by atoms with Gasteiger partial charge in [0.05, 0.1) is 17.1 Å². The van der Waals surface area contributed by atoms with Crippen molar-refractivity contribution >= 4 is 21.7 Å². The highest BCUT2D eigenvalue weighted by Gasteiger charge is 2.21. The maximum absolute atomic E-state index is 12.5. The molecule has 3 N–H and O–H groups in total. The second-order valence-corrected chi connectivity index (χ2v) is 7.98. The van der Waals surface area contributed by atoms with Gasteiger partial charge in [-0.15, -0.1) is 0 Å². The number of ether oxygens (including phenoxy) is 1. The fourth-order valence-electron chi connectivity index (χ4n) is 2.67. The number of carboxylic acid groups (broad SMARTS) is 1. The quantitative estimate of drug-likeness (QED) is 0.606.